The highest BCUT2D eigenvalue weighted by Gasteiger charge is 2.15. The molecule has 25 heavy (non-hydrogen) atoms. The first-order valence-electron chi connectivity index (χ1n) is 8.79. The van der Waals surface area contributed by atoms with Crippen LogP contribution in [0.15, 0.2) is 36.7 Å². The SMILES string of the molecule is Cc1[nH]c2c(C)ccc(C)c2c1CC(=O)NCCCc1ccncc1. The van der Waals surface area contributed by atoms with Crippen LogP contribution in [0.1, 0.15) is 34.4 Å². The number of benzene rings is 1. The fraction of sp³-hybridized carbons (Fsp3) is 0.333. The van der Waals surface area contributed by atoms with Crippen molar-refractivity contribution in [3.8, 4) is 0 Å². The van der Waals surface area contributed by atoms with E-state index in [1.807, 2.05) is 19.1 Å². The lowest BCUT2D eigenvalue weighted by Gasteiger charge is -2.07. The molecule has 1 amide bonds. The molecular weight excluding hydrogens is 310 g/mol. The maximum atomic E-state index is 12.4. The van der Waals surface area contributed by atoms with Crippen LogP contribution < -0.4 is 5.32 Å². The fourth-order valence-electron chi connectivity index (χ4n) is 3.33. The number of hydrogen-bond donors (Lipinski definition) is 2. The summed E-state index contributed by atoms with van der Waals surface area (Å²) >= 11 is 0. The molecular formula is C21H25N3O. The number of nitrogens with one attached hydrogen (secondary N) is 2. The van der Waals surface area contributed by atoms with Gasteiger partial charge in [-0.05, 0) is 68.0 Å². The Labute approximate surface area is 148 Å². The number of pyridine rings is 1. The largest absolute Gasteiger partial charge is 0.358 e. The lowest BCUT2D eigenvalue weighted by Crippen LogP contribution is -2.26. The number of fused-ring (bicyclic) bond motifs is 1. The van der Waals surface area contributed by atoms with Crippen LogP contribution in [0.2, 0.25) is 0 Å². The Hall–Kier alpha value is -2.62. The van der Waals surface area contributed by atoms with Crippen LogP contribution in [0.25, 0.3) is 10.9 Å². The van der Waals surface area contributed by atoms with Crippen LogP contribution >= 0.6 is 0 Å². The number of H-pyrrole nitrogens is 1. The molecule has 0 atom stereocenters. The van der Waals surface area contributed by atoms with Crippen molar-refractivity contribution in [2.75, 3.05) is 6.54 Å². The number of aromatic amines is 1. The maximum Gasteiger partial charge on any atom is 0.224 e. The normalized spacial score (nSPS) is 11.0. The van der Waals surface area contributed by atoms with Gasteiger partial charge in [-0.1, -0.05) is 12.1 Å². The maximum absolute atomic E-state index is 12.4. The summed E-state index contributed by atoms with van der Waals surface area (Å²) in [6.45, 7) is 6.94. The van der Waals surface area contributed by atoms with Crippen LogP contribution in [-0.2, 0) is 17.6 Å². The first kappa shape index (κ1) is 17.2. The summed E-state index contributed by atoms with van der Waals surface area (Å²) in [6.07, 6.45) is 5.91. The fourth-order valence-corrected chi connectivity index (χ4v) is 3.33. The molecule has 0 aliphatic carbocycles. The van der Waals surface area contributed by atoms with E-state index in [-0.39, 0.29) is 5.91 Å². The van der Waals surface area contributed by atoms with E-state index in [9.17, 15) is 4.79 Å². The number of hydrogen-bond acceptors (Lipinski definition) is 2. The molecule has 2 N–H and O–H groups in total. The van der Waals surface area contributed by atoms with Gasteiger partial charge in [0.2, 0.25) is 5.91 Å². The zero-order chi connectivity index (χ0) is 17.8. The molecule has 4 heteroatoms. The molecule has 130 valence electrons. The molecule has 3 rings (SSSR count). The van der Waals surface area contributed by atoms with Gasteiger partial charge in [0.1, 0.15) is 0 Å². The zero-order valence-corrected chi connectivity index (χ0v) is 15.1. The Balaban J connectivity index is 1.61. The molecule has 0 aliphatic rings. The van der Waals surface area contributed by atoms with E-state index in [0.29, 0.717) is 13.0 Å². The van der Waals surface area contributed by atoms with Crippen molar-refractivity contribution in [3.05, 3.63) is 64.6 Å². The second-order valence-corrected chi connectivity index (χ2v) is 6.66. The van der Waals surface area contributed by atoms with E-state index < -0.39 is 0 Å². The lowest BCUT2D eigenvalue weighted by molar-refractivity contribution is -0.120. The van der Waals surface area contributed by atoms with Crippen LogP contribution in [-0.4, -0.2) is 22.4 Å². The van der Waals surface area contributed by atoms with Crippen molar-refractivity contribution >= 4 is 16.8 Å². The number of amides is 1. The highest BCUT2D eigenvalue weighted by atomic mass is 16.1. The van der Waals surface area contributed by atoms with Crippen molar-refractivity contribution in [1.29, 1.82) is 0 Å². The lowest BCUT2D eigenvalue weighted by atomic mass is 10.0. The van der Waals surface area contributed by atoms with Crippen LogP contribution in [0, 0.1) is 20.8 Å². The van der Waals surface area contributed by atoms with E-state index in [0.717, 1.165) is 29.6 Å². The van der Waals surface area contributed by atoms with Gasteiger partial charge in [0.25, 0.3) is 0 Å². The molecule has 3 aromatic rings. The summed E-state index contributed by atoms with van der Waals surface area (Å²) in [5.74, 6) is 0.0830. The first-order valence-corrected chi connectivity index (χ1v) is 8.79. The zero-order valence-electron chi connectivity index (χ0n) is 15.1. The van der Waals surface area contributed by atoms with E-state index >= 15 is 0 Å². The average molecular weight is 335 g/mol. The van der Waals surface area contributed by atoms with Crippen molar-refractivity contribution in [2.45, 2.75) is 40.0 Å². The number of aromatic nitrogens is 2. The third-order valence-corrected chi connectivity index (χ3v) is 4.74. The summed E-state index contributed by atoms with van der Waals surface area (Å²) in [6, 6.07) is 8.28. The second kappa shape index (κ2) is 7.51. The minimum Gasteiger partial charge on any atom is -0.358 e. The summed E-state index contributed by atoms with van der Waals surface area (Å²) in [7, 11) is 0. The molecule has 4 nitrogen and oxygen atoms in total. The Morgan fingerprint density at radius 3 is 2.56 bits per heavy atom. The van der Waals surface area contributed by atoms with Gasteiger partial charge in [-0.25, -0.2) is 0 Å². The van der Waals surface area contributed by atoms with Gasteiger partial charge in [-0.2, -0.15) is 0 Å². The minimum absolute atomic E-state index is 0.0830. The number of nitrogens with zero attached hydrogens (tertiary/aromatic N) is 1. The molecule has 0 bridgehead atoms. The molecule has 0 fully saturated rings. The Morgan fingerprint density at radius 2 is 1.80 bits per heavy atom. The van der Waals surface area contributed by atoms with Gasteiger partial charge in [0.05, 0.1) is 6.42 Å². The molecule has 2 heterocycles. The van der Waals surface area contributed by atoms with Crippen molar-refractivity contribution < 1.29 is 4.79 Å². The standard InChI is InChI=1S/C21H25N3O/c1-14-6-7-15(2)21-20(14)18(16(3)24-21)13-19(25)23-10-4-5-17-8-11-22-12-9-17/h6-9,11-12,24H,4-5,10,13H2,1-3H3,(H,23,25). The molecule has 0 saturated carbocycles. The average Bonchev–Trinajstić information content (AvgIpc) is 2.94. The number of carbonyl (C=O) groups excluding carboxylic acids is 1. The number of rotatable bonds is 6. The van der Waals surface area contributed by atoms with Gasteiger partial charge in [0, 0.05) is 35.5 Å². The number of carbonyl (C=O) groups is 1. The van der Waals surface area contributed by atoms with Crippen LogP contribution in [0.4, 0.5) is 0 Å². The van der Waals surface area contributed by atoms with Crippen LogP contribution in [0.5, 0.6) is 0 Å². The van der Waals surface area contributed by atoms with Crippen LogP contribution in [0.3, 0.4) is 0 Å². The monoisotopic (exact) mass is 335 g/mol. The smallest absolute Gasteiger partial charge is 0.224 e. The summed E-state index contributed by atoms with van der Waals surface area (Å²) in [5, 5.41) is 4.25. The summed E-state index contributed by atoms with van der Waals surface area (Å²) in [4.78, 5) is 19.8. The summed E-state index contributed by atoms with van der Waals surface area (Å²) in [5.41, 5.74) is 7.03. The predicted octanol–water partition coefficient (Wildman–Crippen LogP) is 3.78. The Bertz CT molecular complexity index is 881. The van der Waals surface area contributed by atoms with E-state index in [2.05, 4.69) is 41.3 Å². The van der Waals surface area contributed by atoms with Gasteiger partial charge in [0.15, 0.2) is 0 Å². The van der Waals surface area contributed by atoms with E-state index in [4.69, 9.17) is 0 Å². The topological polar surface area (TPSA) is 57.8 Å². The van der Waals surface area contributed by atoms with Crippen molar-refractivity contribution in [3.63, 3.8) is 0 Å². The third kappa shape index (κ3) is 3.90. The third-order valence-electron chi connectivity index (χ3n) is 4.74. The Morgan fingerprint density at radius 1 is 1.08 bits per heavy atom. The molecule has 2 aromatic heterocycles. The Kier molecular flexibility index (Phi) is 5.17. The minimum atomic E-state index is 0.0830. The van der Waals surface area contributed by atoms with Gasteiger partial charge in [-0.15, -0.1) is 0 Å². The molecule has 0 aliphatic heterocycles. The molecule has 0 radical (unpaired) electrons. The predicted molar refractivity (Wildman–Crippen MR) is 102 cm³/mol. The quantitative estimate of drug-likeness (QED) is 0.674. The molecule has 0 unspecified atom stereocenters. The van der Waals surface area contributed by atoms with Crippen molar-refractivity contribution in [1.82, 2.24) is 15.3 Å². The first-order chi connectivity index (χ1) is 12.1. The highest BCUT2D eigenvalue weighted by molar-refractivity contribution is 5.93. The molecule has 1 aromatic carbocycles. The highest BCUT2D eigenvalue weighted by Crippen LogP contribution is 2.28. The number of aryl methyl sites for hydroxylation is 4. The molecule has 0 saturated heterocycles. The van der Waals surface area contributed by atoms with Gasteiger partial charge < -0.3 is 10.3 Å². The van der Waals surface area contributed by atoms with Gasteiger partial charge in [-0.3, -0.25) is 9.78 Å². The van der Waals surface area contributed by atoms with Crippen molar-refractivity contribution in [2.24, 2.45) is 0 Å². The second-order valence-electron chi connectivity index (χ2n) is 6.66. The van der Waals surface area contributed by atoms with Gasteiger partial charge >= 0.3 is 0 Å². The summed E-state index contributed by atoms with van der Waals surface area (Å²) < 4.78 is 0. The molecule has 0 spiro atoms. The van der Waals surface area contributed by atoms with E-state index in [1.165, 1.54) is 22.1 Å². The van der Waals surface area contributed by atoms with E-state index in [1.54, 1.807) is 12.4 Å².